The first-order valence-corrected chi connectivity index (χ1v) is 14.9. The summed E-state index contributed by atoms with van der Waals surface area (Å²) in [5, 5.41) is 0. The van der Waals surface area contributed by atoms with Crippen LogP contribution in [-0.4, -0.2) is 66.9 Å². The second kappa shape index (κ2) is 10.4. The van der Waals surface area contributed by atoms with Gasteiger partial charge in [-0.05, 0) is 81.5 Å². The summed E-state index contributed by atoms with van der Waals surface area (Å²) in [6, 6.07) is 21.4. The Hall–Kier alpha value is -3.58. The van der Waals surface area contributed by atoms with E-state index in [1.807, 2.05) is 4.90 Å². The minimum absolute atomic E-state index is 0.00259. The highest BCUT2D eigenvalue weighted by molar-refractivity contribution is 5.92. The van der Waals surface area contributed by atoms with Crippen LogP contribution in [0.15, 0.2) is 73.2 Å². The van der Waals surface area contributed by atoms with Crippen LogP contribution in [0.25, 0.3) is 11.0 Å². The van der Waals surface area contributed by atoms with Crippen molar-refractivity contribution < 1.29 is 4.79 Å². The molecular formula is C33H38N6O. The van der Waals surface area contributed by atoms with Gasteiger partial charge in [-0.2, -0.15) is 0 Å². The number of carbonyl (C=O) groups excluding carboxylic acids is 1. The Morgan fingerprint density at radius 3 is 2.38 bits per heavy atom. The number of nitrogens with zero attached hydrogens (tertiary/aromatic N) is 6. The van der Waals surface area contributed by atoms with E-state index in [0.29, 0.717) is 23.8 Å². The number of likely N-dealkylation sites (tertiary alicyclic amines) is 1. The number of imidazole rings is 1. The molecular weight excluding hydrogens is 496 g/mol. The lowest BCUT2D eigenvalue weighted by atomic mass is 9.70. The highest BCUT2D eigenvalue weighted by Crippen LogP contribution is 2.45. The topological polar surface area (TPSA) is 67.2 Å². The second-order valence-corrected chi connectivity index (χ2v) is 12.0. The molecule has 0 radical (unpaired) electrons. The van der Waals surface area contributed by atoms with Crippen molar-refractivity contribution in [3.63, 3.8) is 0 Å². The van der Waals surface area contributed by atoms with Gasteiger partial charge >= 0.3 is 0 Å². The molecule has 4 aromatic rings. The molecule has 3 atom stereocenters. The van der Waals surface area contributed by atoms with Crippen LogP contribution in [0, 0.1) is 6.92 Å². The Morgan fingerprint density at radius 2 is 1.65 bits per heavy atom. The maximum absolute atomic E-state index is 13.1. The molecule has 3 aliphatic heterocycles. The van der Waals surface area contributed by atoms with Crippen molar-refractivity contribution in [3.8, 4) is 0 Å². The fourth-order valence-electron chi connectivity index (χ4n) is 7.97. The summed E-state index contributed by atoms with van der Waals surface area (Å²) in [6.07, 6.45) is 12.9. The Morgan fingerprint density at radius 1 is 0.925 bits per heavy atom. The van der Waals surface area contributed by atoms with E-state index in [4.69, 9.17) is 4.98 Å². The number of hydrogen-bond acceptors (Lipinski definition) is 5. The van der Waals surface area contributed by atoms with Gasteiger partial charge in [0.25, 0.3) is 5.91 Å². The van der Waals surface area contributed by atoms with Gasteiger partial charge in [0.2, 0.25) is 0 Å². The van der Waals surface area contributed by atoms with E-state index in [2.05, 4.69) is 81.0 Å². The lowest BCUT2D eigenvalue weighted by Crippen LogP contribution is -2.49. The van der Waals surface area contributed by atoms with E-state index in [1.165, 1.54) is 36.8 Å². The van der Waals surface area contributed by atoms with Crippen molar-refractivity contribution in [1.82, 2.24) is 29.3 Å². The molecule has 3 saturated heterocycles. The first kappa shape index (κ1) is 25.4. The summed E-state index contributed by atoms with van der Waals surface area (Å²) in [6.45, 7) is 4.80. The summed E-state index contributed by atoms with van der Waals surface area (Å²) in [7, 11) is 0. The number of benzene rings is 2. The van der Waals surface area contributed by atoms with Crippen LogP contribution in [0.3, 0.4) is 0 Å². The third kappa shape index (κ3) is 4.50. The number of hydrogen-bond donors (Lipinski definition) is 0. The number of fused-ring (bicyclic) bond motifs is 3. The maximum Gasteiger partial charge on any atom is 0.274 e. The monoisotopic (exact) mass is 534 g/mol. The van der Waals surface area contributed by atoms with Crippen LogP contribution in [0.4, 0.5) is 0 Å². The average molecular weight is 535 g/mol. The van der Waals surface area contributed by atoms with Gasteiger partial charge in [0.1, 0.15) is 11.5 Å². The normalized spacial score (nSPS) is 24.4. The number of amides is 1. The number of rotatable bonds is 6. The zero-order chi connectivity index (χ0) is 27.1. The van der Waals surface area contributed by atoms with Gasteiger partial charge in [-0.15, -0.1) is 0 Å². The van der Waals surface area contributed by atoms with Gasteiger partial charge in [0.05, 0.1) is 17.2 Å². The molecule has 7 heteroatoms. The summed E-state index contributed by atoms with van der Waals surface area (Å²) in [5.74, 6) is 1.14. The molecule has 2 aromatic carbocycles. The van der Waals surface area contributed by atoms with Crippen molar-refractivity contribution in [2.45, 2.75) is 75.4 Å². The van der Waals surface area contributed by atoms with Crippen molar-refractivity contribution in [2.75, 3.05) is 19.6 Å². The molecule has 5 heterocycles. The van der Waals surface area contributed by atoms with Crippen LogP contribution in [-0.2, 0) is 5.41 Å². The Kier molecular flexibility index (Phi) is 6.62. The third-order valence-electron chi connectivity index (χ3n) is 10.0. The molecule has 0 spiro atoms. The molecule has 0 aliphatic carbocycles. The van der Waals surface area contributed by atoms with Gasteiger partial charge in [-0.3, -0.25) is 14.7 Å². The summed E-state index contributed by atoms with van der Waals surface area (Å²) in [4.78, 5) is 31.1. The number of piperidine rings is 2. The van der Waals surface area contributed by atoms with Gasteiger partial charge < -0.3 is 9.47 Å². The Labute approximate surface area is 236 Å². The van der Waals surface area contributed by atoms with E-state index >= 15 is 0 Å². The predicted molar refractivity (Wildman–Crippen MR) is 156 cm³/mol. The molecule has 40 heavy (non-hydrogen) atoms. The molecule has 7 nitrogen and oxygen atoms in total. The van der Waals surface area contributed by atoms with Crippen molar-refractivity contribution >= 4 is 16.9 Å². The standard InChI is InChI=1S/C33H38N6O/c1-24-36-29-9-5-6-10-31(29)39(24)28-21-26-11-12-27(22-28)38(26)20-15-33(25-7-3-2-4-8-25)13-18-37(19-14-33)32(40)30-23-34-16-17-35-30/h2-10,16-17,23,26-28H,11-15,18-22H2,1H3/t26-,27+,28+. The molecule has 206 valence electrons. The smallest absolute Gasteiger partial charge is 0.274 e. The van der Waals surface area contributed by atoms with E-state index in [0.717, 1.165) is 50.2 Å². The van der Waals surface area contributed by atoms with Crippen molar-refractivity contribution in [2.24, 2.45) is 0 Å². The zero-order valence-corrected chi connectivity index (χ0v) is 23.3. The maximum atomic E-state index is 13.1. The second-order valence-electron chi connectivity index (χ2n) is 12.0. The number of aromatic nitrogens is 4. The average Bonchev–Trinajstić information content (AvgIpc) is 3.47. The Balaban J connectivity index is 1.07. The molecule has 2 aromatic heterocycles. The molecule has 0 saturated carbocycles. The van der Waals surface area contributed by atoms with Crippen LogP contribution in [0.2, 0.25) is 0 Å². The van der Waals surface area contributed by atoms with Gasteiger partial charge in [-0.25, -0.2) is 9.97 Å². The highest BCUT2D eigenvalue weighted by Gasteiger charge is 2.44. The van der Waals surface area contributed by atoms with E-state index < -0.39 is 0 Å². The fourth-order valence-corrected chi connectivity index (χ4v) is 7.97. The fraction of sp³-hybridized carbons (Fsp3) is 0.455. The lowest BCUT2D eigenvalue weighted by Gasteiger charge is -2.45. The molecule has 2 bridgehead atoms. The molecule has 3 aliphatic rings. The molecule has 3 fully saturated rings. The Bertz CT molecular complexity index is 1460. The van der Waals surface area contributed by atoms with Crippen molar-refractivity contribution in [3.05, 3.63) is 90.3 Å². The first-order chi connectivity index (χ1) is 19.6. The van der Waals surface area contributed by atoms with E-state index in [9.17, 15) is 4.79 Å². The van der Waals surface area contributed by atoms with Gasteiger partial charge in [0, 0.05) is 43.6 Å². The van der Waals surface area contributed by atoms with Crippen LogP contribution >= 0.6 is 0 Å². The molecule has 0 N–H and O–H groups in total. The van der Waals surface area contributed by atoms with Gasteiger partial charge in [0.15, 0.2) is 0 Å². The first-order valence-electron chi connectivity index (χ1n) is 14.9. The molecule has 7 rings (SSSR count). The number of para-hydroxylation sites is 2. The zero-order valence-electron chi connectivity index (χ0n) is 23.3. The third-order valence-corrected chi connectivity index (χ3v) is 10.0. The molecule has 0 unspecified atom stereocenters. The minimum atomic E-state index is -0.00259. The highest BCUT2D eigenvalue weighted by atomic mass is 16.2. The van der Waals surface area contributed by atoms with Crippen molar-refractivity contribution in [1.29, 1.82) is 0 Å². The van der Waals surface area contributed by atoms with E-state index in [-0.39, 0.29) is 11.3 Å². The van der Waals surface area contributed by atoms with Crippen LogP contribution < -0.4 is 0 Å². The minimum Gasteiger partial charge on any atom is -0.337 e. The lowest BCUT2D eigenvalue weighted by molar-refractivity contribution is 0.0601. The van der Waals surface area contributed by atoms with Crippen LogP contribution in [0.5, 0.6) is 0 Å². The summed E-state index contributed by atoms with van der Waals surface area (Å²) < 4.78 is 2.52. The number of aryl methyl sites for hydroxylation is 1. The summed E-state index contributed by atoms with van der Waals surface area (Å²) in [5.41, 5.74) is 4.35. The largest absolute Gasteiger partial charge is 0.337 e. The SMILES string of the molecule is Cc1nc2ccccc2n1[C@H]1C[C@H]2CC[C@@H](C1)N2CCC1(c2ccccc2)CCN(C(=O)c2cnccn2)CC1. The van der Waals surface area contributed by atoms with Crippen LogP contribution in [0.1, 0.15) is 72.9 Å². The predicted octanol–water partition coefficient (Wildman–Crippen LogP) is 5.57. The van der Waals surface area contributed by atoms with E-state index in [1.54, 1.807) is 18.6 Å². The summed E-state index contributed by atoms with van der Waals surface area (Å²) >= 11 is 0. The number of carbonyl (C=O) groups is 1. The molecule has 1 amide bonds. The quantitative estimate of drug-likeness (QED) is 0.324. The van der Waals surface area contributed by atoms with Gasteiger partial charge in [-0.1, -0.05) is 42.5 Å².